The molecule has 0 amide bonds. The minimum Gasteiger partial charge on any atom is -0.356 e. The zero-order valence-electron chi connectivity index (χ0n) is 71.7. The predicted molar refractivity (Wildman–Crippen MR) is 538 cm³/mol. The first-order valence-electron chi connectivity index (χ1n) is 42.5. The van der Waals surface area contributed by atoms with Gasteiger partial charge in [-0.05, 0) is 301 Å². The maximum atomic E-state index is 15.8. The summed E-state index contributed by atoms with van der Waals surface area (Å²) in [7, 11) is 0. The molecule has 17 aromatic carbocycles. The van der Waals surface area contributed by atoms with Crippen molar-refractivity contribution in [3.8, 4) is 0 Å². The van der Waals surface area contributed by atoms with E-state index in [4.69, 9.17) is 0 Å². The lowest BCUT2D eigenvalue weighted by Crippen LogP contribution is -2.40. The molecule has 0 unspecified atom stereocenters. The maximum Gasteiger partial charge on any atom is 0.402 e. The van der Waals surface area contributed by atoms with Gasteiger partial charge in [-0.25, -0.2) is 0 Å². The van der Waals surface area contributed by atoms with E-state index in [9.17, 15) is 13.2 Å². The lowest BCUT2D eigenvalue weighted by molar-refractivity contribution is -0.173. The molecular formula is C116H94BrF6N7. The van der Waals surface area contributed by atoms with E-state index < -0.39 is 23.2 Å². The van der Waals surface area contributed by atoms with Crippen LogP contribution in [0.15, 0.2) is 480 Å². The Bertz CT molecular complexity index is 6080. The van der Waals surface area contributed by atoms with Crippen molar-refractivity contribution in [3.05, 3.63) is 524 Å². The molecule has 0 aliphatic rings. The van der Waals surface area contributed by atoms with Crippen molar-refractivity contribution >= 4 is 148 Å². The van der Waals surface area contributed by atoms with Crippen LogP contribution in [0.1, 0.15) is 58.4 Å². The van der Waals surface area contributed by atoms with Crippen molar-refractivity contribution in [2.24, 2.45) is 0 Å². The van der Waals surface area contributed by atoms with Gasteiger partial charge in [0.05, 0.1) is 0 Å². The Kier molecular flexibility index (Phi) is 28.0. The van der Waals surface area contributed by atoms with Gasteiger partial charge >= 0.3 is 12.4 Å². The molecule has 0 fully saturated rings. The van der Waals surface area contributed by atoms with E-state index in [1.807, 2.05) is 206 Å². The molecule has 17 rings (SSSR count). The fourth-order valence-corrected chi connectivity index (χ4v) is 16.0. The summed E-state index contributed by atoms with van der Waals surface area (Å²) in [6.07, 6.45) is -2.07. The molecule has 0 atom stereocenters. The van der Waals surface area contributed by atoms with Crippen LogP contribution in [0.2, 0.25) is 0 Å². The quantitative estimate of drug-likeness (QED) is 0.0497. The molecule has 2 N–H and O–H groups in total. The number of para-hydroxylation sites is 6. The lowest BCUT2D eigenvalue weighted by Gasteiger charge is -2.34. The smallest absolute Gasteiger partial charge is 0.356 e. The van der Waals surface area contributed by atoms with Gasteiger partial charge in [0, 0.05) is 113 Å². The maximum absolute atomic E-state index is 15.8. The lowest BCUT2D eigenvalue weighted by atomic mass is 9.75. The van der Waals surface area contributed by atoms with Crippen LogP contribution in [0.5, 0.6) is 0 Å². The second-order valence-electron chi connectivity index (χ2n) is 31.2. The van der Waals surface area contributed by atoms with Gasteiger partial charge in [-0.3, -0.25) is 0 Å². The first-order chi connectivity index (χ1) is 63.2. The van der Waals surface area contributed by atoms with E-state index in [0.717, 1.165) is 112 Å². The summed E-state index contributed by atoms with van der Waals surface area (Å²) in [4.78, 5) is 10.7. The van der Waals surface area contributed by atoms with Gasteiger partial charge in [0.2, 0.25) is 0 Å². The number of nitrogens with zero attached hydrogens (tertiary/aromatic N) is 5. The van der Waals surface area contributed by atoms with Crippen LogP contribution in [-0.2, 0) is 10.8 Å². The van der Waals surface area contributed by atoms with E-state index >= 15 is 13.2 Å². The minimum absolute atomic E-state index is 0.119. The van der Waals surface area contributed by atoms with Gasteiger partial charge in [0.1, 0.15) is 10.8 Å². The molecule has 0 heterocycles. The van der Waals surface area contributed by atoms with E-state index in [0.29, 0.717) is 22.7 Å². The molecule has 14 heteroatoms. The molecule has 7 nitrogen and oxygen atoms in total. The fourth-order valence-electron chi connectivity index (χ4n) is 15.7. The summed E-state index contributed by atoms with van der Waals surface area (Å²) < 4.78 is 92.0. The third-order valence-electron chi connectivity index (χ3n) is 23.0. The highest BCUT2D eigenvalue weighted by atomic mass is 79.9. The van der Waals surface area contributed by atoms with Crippen molar-refractivity contribution in [1.29, 1.82) is 0 Å². The number of nitrogens with one attached hydrogen (secondary N) is 2. The average molecular weight is 1780 g/mol. The van der Waals surface area contributed by atoms with E-state index in [2.05, 4.69) is 223 Å². The van der Waals surface area contributed by atoms with Crippen LogP contribution in [0.3, 0.4) is 0 Å². The standard InChI is InChI=1S/C67H53F3N4.C31H27F3N2.C18H14BrN/c1-4-50-26-34-58(35-27-50)73(64-46-42-62(43-47-64)71(54-18-10-6-11-19-54)55-20-12-7-13-21-55)60-38-30-52(31-39-60)66(3,67(68,69)70)53-32-40-61(41-33-53)74(59-36-28-51(5-2)29-37-59)65-48-44-63(45-49-65)72(56-22-14-8-15-23-56)57-24-16-9-17-25-57;1-4-22-6-14-26(15-7-22)35-28-18-10-24(11-19-28)30(3,31(32,33)34)25-12-20-29(21-13-25)36-27-16-8-23(5-2)9-17-27;19-15-11-13-18(14-12-15)20(16-7-3-1-4-8-16)17-9-5-2-6-10-17/h4-49H,1-2H2,3H3;4-21,35-36H,1-2H2,3H3;1-14H. The largest absolute Gasteiger partial charge is 0.402 e. The van der Waals surface area contributed by atoms with Gasteiger partial charge < -0.3 is 35.1 Å². The Morgan fingerprint density at radius 2 is 0.338 bits per heavy atom. The molecule has 0 radical (unpaired) electrons. The molecule has 0 saturated carbocycles. The summed E-state index contributed by atoms with van der Waals surface area (Å²) in [6.45, 7) is 17.8. The van der Waals surface area contributed by atoms with Gasteiger partial charge in [0.25, 0.3) is 0 Å². The van der Waals surface area contributed by atoms with Crippen molar-refractivity contribution < 1.29 is 26.3 Å². The fraction of sp³-hybridized carbons (Fsp3) is 0.0517. The van der Waals surface area contributed by atoms with Crippen molar-refractivity contribution in [1.82, 2.24) is 0 Å². The summed E-state index contributed by atoms with van der Waals surface area (Å²) in [5.74, 6) is 0. The molecular weight excluding hydrogens is 1690 g/mol. The number of benzene rings is 17. The number of hydrogen-bond donors (Lipinski definition) is 2. The normalized spacial score (nSPS) is 11.2. The monoisotopic (exact) mass is 1780 g/mol. The topological polar surface area (TPSA) is 40.3 Å². The summed E-state index contributed by atoms with van der Waals surface area (Å²) in [5.41, 5.74) is 17.2. The second kappa shape index (κ2) is 40.8. The van der Waals surface area contributed by atoms with Crippen molar-refractivity contribution in [2.45, 2.75) is 37.0 Å². The van der Waals surface area contributed by atoms with Crippen LogP contribution in [-0.4, -0.2) is 12.4 Å². The van der Waals surface area contributed by atoms with Gasteiger partial charge in [0.15, 0.2) is 0 Å². The molecule has 0 aliphatic carbocycles. The van der Waals surface area contributed by atoms with Gasteiger partial charge in [-0.2, -0.15) is 26.3 Å². The van der Waals surface area contributed by atoms with Gasteiger partial charge in [-0.15, -0.1) is 0 Å². The zero-order valence-corrected chi connectivity index (χ0v) is 73.3. The van der Waals surface area contributed by atoms with Crippen LogP contribution in [0, 0.1) is 0 Å². The first kappa shape index (κ1) is 89.2. The molecule has 0 spiro atoms. The zero-order chi connectivity index (χ0) is 90.6. The molecule has 17 aromatic rings. The molecule has 0 aromatic heterocycles. The van der Waals surface area contributed by atoms with Crippen LogP contribution in [0.4, 0.5) is 134 Å². The number of hydrogen-bond acceptors (Lipinski definition) is 7. The molecule has 642 valence electrons. The third-order valence-corrected chi connectivity index (χ3v) is 23.5. The Labute approximate surface area is 765 Å². The predicted octanol–water partition coefficient (Wildman–Crippen LogP) is 35.0. The Morgan fingerprint density at radius 3 is 0.515 bits per heavy atom. The molecule has 130 heavy (non-hydrogen) atoms. The summed E-state index contributed by atoms with van der Waals surface area (Å²) >= 11 is 3.49. The Balaban J connectivity index is 0.000000189. The molecule has 0 aliphatic heterocycles. The highest BCUT2D eigenvalue weighted by Gasteiger charge is 2.55. The summed E-state index contributed by atoms with van der Waals surface area (Å²) in [5, 5.41) is 6.44. The molecule has 0 bridgehead atoms. The second-order valence-corrected chi connectivity index (χ2v) is 32.1. The SMILES string of the molecule is Brc1ccc(N(c2ccccc2)c2ccccc2)cc1.C=Cc1ccc(N(c2ccc(N(c3ccccc3)c3ccccc3)cc2)c2ccc(C(C)(c3ccc(N(c4ccc(C=C)cc4)c4ccc(N(c5ccccc5)c5ccccc5)cc4)cc3)C(F)(F)F)cc2)cc1.C=Cc1ccc(Nc2ccc(C(C)(c3ccc(Nc4ccc(C=C)cc4)cc3)C(F)(F)F)cc2)cc1. The van der Waals surface area contributed by atoms with E-state index in [-0.39, 0.29) is 22.3 Å². The third kappa shape index (κ3) is 20.6. The highest BCUT2D eigenvalue weighted by molar-refractivity contribution is 9.10. The number of alkyl halides is 6. The van der Waals surface area contributed by atoms with Crippen LogP contribution < -0.4 is 35.1 Å². The molecule has 0 saturated heterocycles. The van der Waals surface area contributed by atoms with Crippen LogP contribution >= 0.6 is 15.9 Å². The number of rotatable bonds is 27. The first-order valence-corrected chi connectivity index (χ1v) is 43.3. The highest BCUT2D eigenvalue weighted by Crippen LogP contribution is 2.51. The Hall–Kier alpha value is -15.6. The number of anilines is 19. The van der Waals surface area contributed by atoms with Gasteiger partial charge in [-0.1, -0.05) is 273 Å². The van der Waals surface area contributed by atoms with Crippen LogP contribution in [0.25, 0.3) is 24.3 Å². The minimum atomic E-state index is -4.64. The van der Waals surface area contributed by atoms with Crippen molar-refractivity contribution in [2.75, 3.05) is 35.1 Å². The number of halogens is 7. The van der Waals surface area contributed by atoms with Crippen molar-refractivity contribution in [3.63, 3.8) is 0 Å². The summed E-state index contributed by atoms with van der Waals surface area (Å²) in [6, 6.07) is 144. The Morgan fingerprint density at radius 1 is 0.200 bits per heavy atom. The van der Waals surface area contributed by atoms with E-state index in [1.165, 1.54) is 38.1 Å². The van der Waals surface area contributed by atoms with E-state index in [1.54, 1.807) is 97.1 Å². The average Bonchev–Trinajstić information content (AvgIpc) is 0.749.